The van der Waals surface area contributed by atoms with Gasteiger partial charge in [-0.3, -0.25) is 0 Å². The van der Waals surface area contributed by atoms with E-state index < -0.39 is 9.84 Å². The third-order valence-electron chi connectivity index (χ3n) is 3.69. The van der Waals surface area contributed by atoms with Gasteiger partial charge >= 0.3 is 0 Å². The predicted molar refractivity (Wildman–Crippen MR) is 105 cm³/mol. The van der Waals surface area contributed by atoms with Crippen molar-refractivity contribution in [2.24, 2.45) is 12.8 Å². The van der Waals surface area contributed by atoms with Crippen molar-refractivity contribution in [1.29, 1.82) is 0 Å². The molecule has 0 bridgehead atoms. The van der Waals surface area contributed by atoms with Gasteiger partial charge in [0.1, 0.15) is 4.90 Å². The number of rotatable bonds is 5. The number of thioether (sulfide) groups is 1. The van der Waals surface area contributed by atoms with Gasteiger partial charge in [0, 0.05) is 30.2 Å². The molecule has 0 atom stereocenters. The van der Waals surface area contributed by atoms with Gasteiger partial charge in [-0.25, -0.2) is 8.42 Å². The molecule has 0 aliphatic carbocycles. The number of para-hydroxylation sites is 1. The zero-order valence-electron chi connectivity index (χ0n) is 13.2. The first-order chi connectivity index (χ1) is 11.1. The molecule has 2 aromatic carbocycles. The molecule has 0 unspecified atom stereocenters. The fourth-order valence-corrected chi connectivity index (χ4v) is 5.56. The van der Waals surface area contributed by atoms with E-state index in [0.29, 0.717) is 22.1 Å². The van der Waals surface area contributed by atoms with Crippen molar-refractivity contribution in [3.05, 3.63) is 54.6 Å². The fraction of sp³-hybridized carbons (Fsp3) is 0.176. The first kappa shape index (κ1) is 19.1. The highest BCUT2D eigenvalue weighted by Crippen LogP contribution is 2.38. The lowest BCUT2D eigenvalue weighted by atomic mass is 10.2. The first-order valence-electron chi connectivity index (χ1n) is 7.28. The van der Waals surface area contributed by atoms with Crippen molar-refractivity contribution in [2.75, 3.05) is 12.3 Å². The third-order valence-corrected chi connectivity index (χ3v) is 6.85. The number of nitrogens with two attached hydrogens (primary N) is 1. The zero-order valence-corrected chi connectivity index (χ0v) is 16.5. The number of benzene rings is 2. The minimum absolute atomic E-state index is 0. The second-order valence-electron chi connectivity index (χ2n) is 5.16. The molecule has 128 valence electrons. The predicted octanol–water partition coefficient (Wildman–Crippen LogP) is 3.64. The Morgan fingerprint density at radius 3 is 2.33 bits per heavy atom. The summed E-state index contributed by atoms with van der Waals surface area (Å²) in [5.74, 6) is 0.668. The molecule has 7 heteroatoms. The highest BCUT2D eigenvalue weighted by atomic mass is 79.9. The van der Waals surface area contributed by atoms with Crippen LogP contribution in [0.4, 0.5) is 0 Å². The molecule has 1 heterocycles. The molecule has 0 spiro atoms. The molecule has 2 N–H and O–H groups in total. The number of aromatic nitrogens is 1. The smallest absolute Gasteiger partial charge is 0.209 e. The molecule has 0 aliphatic rings. The van der Waals surface area contributed by atoms with Crippen LogP contribution in [0.3, 0.4) is 0 Å². The molecule has 0 saturated carbocycles. The Morgan fingerprint density at radius 2 is 1.67 bits per heavy atom. The van der Waals surface area contributed by atoms with E-state index in [2.05, 4.69) is 0 Å². The van der Waals surface area contributed by atoms with Gasteiger partial charge < -0.3 is 10.3 Å². The van der Waals surface area contributed by atoms with Crippen LogP contribution < -0.4 is 5.73 Å². The molecular formula is C17H19BrN2O2S2. The van der Waals surface area contributed by atoms with Crippen LogP contribution in [0.15, 0.2) is 69.4 Å². The summed E-state index contributed by atoms with van der Waals surface area (Å²) in [5, 5.41) is 1.49. The van der Waals surface area contributed by atoms with Crippen molar-refractivity contribution in [2.45, 2.75) is 14.8 Å². The minimum Gasteiger partial charge on any atom is -0.338 e. The Labute approximate surface area is 156 Å². The topological polar surface area (TPSA) is 65.1 Å². The van der Waals surface area contributed by atoms with Crippen LogP contribution in [0, 0.1) is 0 Å². The van der Waals surface area contributed by atoms with Gasteiger partial charge in [0.2, 0.25) is 9.84 Å². The van der Waals surface area contributed by atoms with Gasteiger partial charge in [-0.05, 0) is 18.2 Å². The van der Waals surface area contributed by atoms with Gasteiger partial charge in [0.05, 0.1) is 9.92 Å². The number of aryl methyl sites for hydroxylation is 1. The van der Waals surface area contributed by atoms with E-state index in [1.807, 2.05) is 41.9 Å². The van der Waals surface area contributed by atoms with Crippen LogP contribution in [0.1, 0.15) is 0 Å². The molecule has 0 fully saturated rings. The normalized spacial score (nSPS) is 11.4. The lowest BCUT2D eigenvalue weighted by Crippen LogP contribution is -2.06. The van der Waals surface area contributed by atoms with Gasteiger partial charge in [0.15, 0.2) is 0 Å². The summed E-state index contributed by atoms with van der Waals surface area (Å²) in [7, 11) is -1.69. The Bertz CT molecular complexity index is 938. The van der Waals surface area contributed by atoms with Gasteiger partial charge in [-0.15, -0.1) is 28.7 Å². The number of halogens is 1. The number of hydrogen-bond donors (Lipinski definition) is 1. The summed E-state index contributed by atoms with van der Waals surface area (Å²) >= 11 is 1.48. The van der Waals surface area contributed by atoms with E-state index in [1.165, 1.54) is 11.8 Å². The fourth-order valence-electron chi connectivity index (χ4n) is 2.63. The molecule has 0 aliphatic heterocycles. The molecule has 0 amide bonds. The standard InChI is InChI=1S/C17H18N2O2S2.BrH/c1-19-15-10-6-5-9-14(15)16(17(19)22-12-11-18)23(20,21)13-7-3-2-4-8-13;/h2-10H,11-12,18H2,1H3;1H. The quantitative estimate of drug-likeness (QED) is 0.632. The third kappa shape index (κ3) is 3.26. The molecular weight excluding hydrogens is 408 g/mol. The molecule has 24 heavy (non-hydrogen) atoms. The second-order valence-corrected chi connectivity index (χ2v) is 8.13. The van der Waals surface area contributed by atoms with Crippen LogP contribution in [0.5, 0.6) is 0 Å². The summed E-state index contributed by atoms with van der Waals surface area (Å²) < 4.78 is 28.3. The molecule has 3 aromatic rings. The number of sulfone groups is 1. The second kappa shape index (κ2) is 7.74. The average Bonchev–Trinajstić information content (AvgIpc) is 2.87. The summed E-state index contributed by atoms with van der Waals surface area (Å²) in [4.78, 5) is 0.686. The lowest BCUT2D eigenvalue weighted by molar-refractivity contribution is 0.593. The maximum Gasteiger partial charge on any atom is 0.209 e. The average molecular weight is 427 g/mol. The van der Waals surface area contributed by atoms with E-state index in [0.717, 1.165) is 15.9 Å². The van der Waals surface area contributed by atoms with E-state index in [-0.39, 0.29) is 17.0 Å². The van der Waals surface area contributed by atoms with Gasteiger partial charge in [-0.2, -0.15) is 0 Å². The van der Waals surface area contributed by atoms with Gasteiger partial charge in [0.25, 0.3) is 0 Å². The first-order valence-corrected chi connectivity index (χ1v) is 9.74. The molecule has 1 aromatic heterocycles. The largest absolute Gasteiger partial charge is 0.338 e. The number of nitrogens with zero attached hydrogens (tertiary/aromatic N) is 1. The summed E-state index contributed by atoms with van der Waals surface area (Å²) in [6.07, 6.45) is 0. The minimum atomic E-state index is -3.59. The molecule has 4 nitrogen and oxygen atoms in total. The Balaban J connectivity index is 0.00000208. The van der Waals surface area contributed by atoms with Gasteiger partial charge in [-0.1, -0.05) is 36.4 Å². The molecule has 0 saturated heterocycles. The molecule has 3 rings (SSSR count). The number of hydrogen-bond acceptors (Lipinski definition) is 4. The van der Waals surface area contributed by atoms with Crippen molar-refractivity contribution < 1.29 is 8.42 Å². The van der Waals surface area contributed by atoms with E-state index in [9.17, 15) is 8.42 Å². The molecule has 0 radical (unpaired) electrons. The zero-order chi connectivity index (χ0) is 16.4. The Kier molecular flexibility index (Phi) is 6.14. The number of fused-ring (bicyclic) bond motifs is 1. The maximum atomic E-state index is 13.2. The monoisotopic (exact) mass is 426 g/mol. The van der Waals surface area contributed by atoms with E-state index >= 15 is 0 Å². The van der Waals surface area contributed by atoms with Crippen LogP contribution in [0.2, 0.25) is 0 Å². The van der Waals surface area contributed by atoms with E-state index in [4.69, 9.17) is 5.73 Å². The van der Waals surface area contributed by atoms with Crippen molar-refractivity contribution >= 4 is 49.5 Å². The summed E-state index contributed by atoms with van der Waals surface area (Å²) in [6, 6.07) is 16.1. The van der Waals surface area contributed by atoms with Crippen LogP contribution in [-0.2, 0) is 16.9 Å². The summed E-state index contributed by atoms with van der Waals surface area (Å²) in [6.45, 7) is 0.497. The Morgan fingerprint density at radius 1 is 1.04 bits per heavy atom. The SMILES string of the molecule is Br.Cn1c(SCCN)c(S(=O)(=O)c2ccccc2)c2ccccc21. The maximum absolute atomic E-state index is 13.2. The highest BCUT2D eigenvalue weighted by molar-refractivity contribution is 8.93. The van der Waals surface area contributed by atoms with Crippen molar-refractivity contribution in [3.8, 4) is 0 Å². The van der Waals surface area contributed by atoms with E-state index in [1.54, 1.807) is 24.3 Å². The van der Waals surface area contributed by atoms with Crippen LogP contribution in [0.25, 0.3) is 10.9 Å². The van der Waals surface area contributed by atoms with Crippen LogP contribution >= 0.6 is 28.7 Å². The van der Waals surface area contributed by atoms with Crippen LogP contribution in [-0.4, -0.2) is 25.3 Å². The Hall–Kier alpha value is -1.28. The summed E-state index contributed by atoms with van der Waals surface area (Å²) in [5.41, 5.74) is 6.52. The highest BCUT2D eigenvalue weighted by Gasteiger charge is 2.27. The lowest BCUT2D eigenvalue weighted by Gasteiger charge is -2.08. The van der Waals surface area contributed by atoms with Crippen molar-refractivity contribution in [1.82, 2.24) is 4.57 Å². The van der Waals surface area contributed by atoms with Crippen molar-refractivity contribution in [3.63, 3.8) is 0 Å².